The SMILES string of the molecule is CCNC(=O)CS(=O)(=O)Cc1ccccc1C(=O)O. The van der Waals surface area contributed by atoms with Gasteiger partial charge in [0.25, 0.3) is 0 Å². The van der Waals surface area contributed by atoms with E-state index >= 15 is 0 Å². The number of sulfone groups is 1. The molecule has 0 bridgehead atoms. The van der Waals surface area contributed by atoms with E-state index in [9.17, 15) is 18.0 Å². The molecule has 0 heterocycles. The number of benzene rings is 1. The van der Waals surface area contributed by atoms with E-state index in [4.69, 9.17) is 5.11 Å². The van der Waals surface area contributed by atoms with Crippen LogP contribution in [0.4, 0.5) is 0 Å². The standard InChI is InChI=1S/C12H15NO5S/c1-2-13-11(14)8-19(17,18)7-9-5-3-4-6-10(9)12(15)16/h3-6H,2,7-8H2,1H3,(H,13,14)(H,15,16). The minimum absolute atomic E-state index is 0.0676. The fourth-order valence-electron chi connectivity index (χ4n) is 1.59. The number of aromatic carboxylic acids is 1. The molecule has 1 aromatic carbocycles. The van der Waals surface area contributed by atoms with E-state index in [0.29, 0.717) is 6.54 Å². The molecular weight excluding hydrogens is 270 g/mol. The Balaban J connectivity index is 2.90. The number of amides is 1. The molecule has 0 fully saturated rings. The van der Waals surface area contributed by atoms with Crippen molar-refractivity contribution in [3.05, 3.63) is 35.4 Å². The number of carboxylic acids is 1. The molecule has 104 valence electrons. The van der Waals surface area contributed by atoms with Gasteiger partial charge in [0, 0.05) is 6.54 Å². The molecule has 0 spiro atoms. The van der Waals surface area contributed by atoms with Crippen LogP contribution in [0.1, 0.15) is 22.8 Å². The highest BCUT2D eigenvalue weighted by Crippen LogP contribution is 2.13. The summed E-state index contributed by atoms with van der Waals surface area (Å²) >= 11 is 0. The van der Waals surface area contributed by atoms with Crippen molar-refractivity contribution in [3.63, 3.8) is 0 Å². The maximum Gasteiger partial charge on any atom is 0.335 e. The Labute approximate surface area is 111 Å². The summed E-state index contributed by atoms with van der Waals surface area (Å²) in [5.74, 6) is -2.89. The third-order valence-electron chi connectivity index (χ3n) is 2.35. The summed E-state index contributed by atoms with van der Waals surface area (Å²) in [5.41, 5.74) is 0.112. The van der Waals surface area contributed by atoms with Crippen LogP contribution in [0.2, 0.25) is 0 Å². The molecule has 19 heavy (non-hydrogen) atoms. The first kappa shape index (κ1) is 15.2. The number of rotatable bonds is 6. The van der Waals surface area contributed by atoms with Crippen molar-refractivity contribution in [1.29, 1.82) is 0 Å². The third-order valence-corrected chi connectivity index (χ3v) is 3.80. The third kappa shape index (κ3) is 4.70. The van der Waals surface area contributed by atoms with Crippen molar-refractivity contribution >= 4 is 21.7 Å². The summed E-state index contributed by atoms with van der Waals surface area (Å²) in [6.45, 7) is 2.03. The minimum Gasteiger partial charge on any atom is -0.478 e. The van der Waals surface area contributed by atoms with Gasteiger partial charge in [-0.1, -0.05) is 18.2 Å². The van der Waals surface area contributed by atoms with Crippen LogP contribution in [0, 0.1) is 0 Å². The van der Waals surface area contributed by atoms with Gasteiger partial charge in [-0.05, 0) is 18.6 Å². The summed E-state index contributed by atoms with van der Waals surface area (Å²) in [5, 5.41) is 11.3. The lowest BCUT2D eigenvalue weighted by Crippen LogP contribution is -2.30. The Bertz CT molecular complexity index is 580. The largest absolute Gasteiger partial charge is 0.478 e. The van der Waals surface area contributed by atoms with Crippen LogP contribution in [0.15, 0.2) is 24.3 Å². The van der Waals surface area contributed by atoms with Crippen LogP contribution in [0.5, 0.6) is 0 Å². The molecule has 6 nitrogen and oxygen atoms in total. The molecule has 1 aromatic rings. The molecule has 1 amide bonds. The van der Waals surface area contributed by atoms with E-state index in [-0.39, 0.29) is 11.1 Å². The van der Waals surface area contributed by atoms with Crippen molar-refractivity contribution in [1.82, 2.24) is 5.32 Å². The van der Waals surface area contributed by atoms with Crippen molar-refractivity contribution in [2.45, 2.75) is 12.7 Å². The first-order chi connectivity index (χ1) is 8.85. The molecule has 2 N–H and O–H groups in total. The van der Waals surface area contributed by atoms with E-state index in [1.54, 1.807) is 13.0 Å². The van der Waals surface area contributed by atoms with Gasteiger partial charge in [-0.25, -0.2) is 13.2 Å². The van der Waals surface area contributed by atoms with Crippen LogP contribution in [0.25, 0.3) is 0 Å². The molecule has 0 aliphatic carbocycles. The molecule has 0 unspecified atom stereocenters. The second-order valence-corrected chi connectivity index (χ2v) is 6.01. The van der Waals surface area contributed by atoms with Gasteiger partial charge in [-0.15, -0.1) is 0 Å². The van der Waals surface area contributed by atoms with Crippen molar-refractivity contribution < 1.29 is 23.1 Å². The van der Waals surface area contributed by atoms with E-state index in [1.165, 1.54) is 18.2 Å². The summed E-state index contributed by atoms with van der Waals surface area (Å²) in [6, 6.07) is 5.84. The Kier molecular flexibility index (Phi) is 5.05. The smallest absolute Gasteiger partial charge is 0.335 e. The van der Waals surface area contributed by atoms with Gasteiger partial charge in [0.2, 0.25) is 5.91 Å². The summed E-state index contributed by atoms with van der Waals surface area (Å²) in [7, 11) is -3.69. The maximum atomic E-state index is 11.8. The highest BCUT2D eigenvalue weighted by Gasteiger charge is 2.20. The summed E-state index contributed by atoms with van der Waals surface area (Å²) in [6.07, 6.45) is 0. The average Bonchev–Trinajstić information content (AvgIpc) is 2.28. The molecule has 0 aliphatic heterocycles. The van der Waals surface area contributed by atoms with E-state index in [1.807, 2.05) is 0 Å². The summed E-state index contributed by atoms with van der Waals surface area (Å²) in [4.78, 5) is 22.2. The topological polar surface area (TPSA) is 101 Å². The van der Waals surface area contributed by atoms with Gasteiger partial charge in [0.05, 0.1) is 11.3 Å². The van der Waals surface area contributed by atoms with Crippen LogP contribution in [-0.2, 0) is 20.4 Å². The Morgan fingerprint density at radius 2 is 1.89 bits per heavy atom. The van der Waals surface area contributed by atoms with Crippen LogP contribution < -0.4 is 5.32 Å². The fourth-order valence-corrected chi connectivity index (χ4v) is 2.92. The van der Waals surface area contributed by atoms with Gasteiger partial charge in [0.1, 0.15) is 5.75 Å². The highest BCUT2D eigenvalue weighted by molar-refractivity contribution is 7.91. The Morgan fingerprint density at radius 1 is 1.26 bits per heavy atom. The number of hydrogen-bond donors (Lipinski definition) is 2. The molecule has 0 atom stereocenters. The maximum absolute atomic E-state index is 11.8. The molecular formula is C12H15NO5S. The Hall–Kier alpha value is -1.89. The number of carboxylic acid groups (broad SMARTS) is 1. The van der Waals surface area contributed by atoms with Gasteiger partial charge in [-0.2, -0.15) is 0 Å². The Morgan fingerprint density at radius 3 is 2.47 bits per heavy atom. The lowest BCUT2D eigenvalue weighted by molar-refractivity contribution is -0.118. The zero-order valence-corrected chi connectivity index (χ0v) is 11.2. The molecule has 0 radical (unpaired) electrons. The quantitative estimate of drug-likeness (QED) is 0.789. The average molecular weight is 285 g/mol. The summed E-state index contributed by atoms with van der Waals surface area (Å²) < 4.78 is 23.6. The molecule has 7 heteroatoms. The monoisotopic (exact) mass is 285 g/mol. The van der Waals surface area contributed by atoms with Crippen molar-refractivity contribution in [2.75, 3.05) is 12.3 Å². The fraction of sp³-hybridized carbons (Fsp3) is 0.333. The minimum atomic E-state index is -3.69. The molecule has 0 aliphatic rings. The predicted octanol–water partition coefficient (Wildman–Crippen LogP) is 0.436. The van der Waals surface area contributed by atoms with E-state index in [0.717, 1.165) is 0 Å². The van der Waals surface area contributed by atoms with Gasteiger partial charge >= 0.3 is 5.97 Å². The highest BCUT2D eigenvalue weighted by atomic mass is 32.2. The van der Waals surface area contributed by atoms with Crippen molar-refractivity contribution in [3.8, 4) is 0 Å². The lowest BCUT2D eigenvalue weighted by atomic mass is 10.1. The molecule has 1 rings (SSSR count). The van der Waals surface area contributed by atoms with Gasteiger partial charge in [-0.3, -0.25) is 4.79 Å². The van der Waals surface area contributed by atoms with Gasteiger partial charge in [0.15, 0.2) is 9.84 Å². The number of hydrogen-bond acceptors (Lipinski definition) is 4. The van der Waals surface area contributed by atoms with E-state index in [2.05, 4.69) is 5.32 Å². The molecule has 0 saturated heterocycles. The van der Waals surface area contributed by atoms with Crippen LogP contribution in [0.3, 0.4) is 0 Å². The number of nitrogens with one attached hydrogen (secondary N) is 1. The van der Waals surface area contributed by atoms with E-state index < -0.39 is 33.2 Å². The van der Waals surface area contributed by atoms with Crippen LogP contribution in [-0.4, -0.2) is 37.7 Å². The van der Waals surface area contributed by atoms with Crippen molar-refractivity contribution in [2.24, 2.45) is 0 Å². The normalized spacial score (nSPS) is 11.0. The number of carbonyl (C=O) groups excluding carboxylic acids is 1. The first-order valence-corrected chi connectivity index (χ1v) is 7.46. The first-order valence-electron chi connectivity index (χ1n) is 5.64. The predicted molar refractivity (Wildman–Crippen MR) is 69.6 cm³/mol. The second-order valence-electron chi connectivity index (χ2n) is 3.95. The zero-order valence-electron chi connectivity index (χ0n) is 10.4. The van der Waals surface area contributed by atoms with Crippen LogP contribution >= 0.6 is 0 Å². The molecule has 0 aromatic heterocycles. The molecule has 0 saturated carbocycles. The lowest BCUT2D eigenvalue weighted by Gasteiger charge is -2.07. The van der Waals surface area contributed by atoms with Gasteiger partial charge < -0.3 is 10.4 Å². The second kappa shape index (κ2) is 6.33. The number of carbonyl (C=O) groups is 2. The zero-order chi connectivity index (χ0) is 14.5.